The van der Waals surface area contributed by atoms with Gasteiger partial charge in [-0.3, -0.25) is 4.90 Å². The molecule has 1 heterocycles. The van der Waals surface area contributed by atoms with Gasteiger partial charge in [-0.05, 0) is 49.6 Å². The molecule has 0 saturated carbocycles. The first-order valence-corrected chi connectivity index (χ1v) is 14.1. The summed E-state index contributed by atoms with van der Waals surface area (Å²) in [5.74, 6) is 0.924. The summed E-state index contributed by atoms with van der Waals surface area (Å²) in [4.78, 5) is 2.51. The van der Waals surface area contributed by atoms with Gasteiger partial charge < -0.3 is 4.74 Å². The van der Waals surface area contributed by atoms with E-state index in [2.05, 4.69) is 62.2 Å². The van der Waals surface area contributed by atoms with Crippen molar-refractivity contribution in [3.05, 3.63) is 42.5 Å². The number of piperidine rings is 1. The van der Waals surface area contributed by atoms with Gasteiger partial charge in [0.25, 0.3) is 0 Å². The second kappa shape index (κ2) is 13.9. The van der Waals surface area contributed by atoms with Crippen molar-refractivity contribution in [1.82, 2.24) is 4.90 Å². The summed E-state index contributed by atoms with van der Waals surface area (Å²) in [6.45, 7) is 6.14. The molecule has 2 rings (SSSR count). The highest BCUT2D eigenvalue weighted by molar-refractivity contribution is 8.31. The Kier molecular flexibility index (Phi) is 13.8. The summed E-state index contributed by atoms with van der Waals surface area (Å²) < 4.78 is 23.5. The Balaban J connectivity index is 0.000000582. The molecule has 0 amide bonds. The van der Waals surface area contributed by atoms with E-state index in [1.165, 1.54) is 31.4 Å². The van der Waals surface area contributed by atoms with Crippen LogP contribution in [-0.2, 0) is 35.5 Å². The van der Waals surface area contributed by atoms with E-state index in [4.69, 9.17) is 13.2 Å². The van der Waals surface area contributed by atoms with Crippen molar-refractivity contribution in [3.8, 4) is 5.75 Å². The predicted octanol–water partition coefficient (Wildman–Crippen LogP) is 4.27. The molecule has 9 heteroatoms. The van der Waals surface area contributed by atoms with E-state index < -0.39 is 8.26 Å². The van der Waals surface area contributed by atoms with Gasteiger partial charge in [0, 0.05) is 34.0 Å². The molecule has 1 aliphatic rings. The summed E-state index contributed by atoms with van der Waals surface area (Å²) in [5.41, 5.74) is 1.35. The van der Waals surface area contributed by atoms with Crippen molar-refractivity contribution in [2.24, 2.45) is 0 Å². The monoisotopic (exact) mass is 459 g/mol. The van der Waals surface area contributed by atoms with Crippen LogP contribution in [0, 0.1) is 0 Å². The van der Waals surface area contributed by atoms with Crippen LogP contribution in [-0.4, -0.2) is 45.5 Å². The molecule has 26 heavy (non-hydrogen) atoms. The van der Waals surface area contributed by atoms with Gasteiger partial charge in [-0.15, -0.1) is 16.0 Å². The molecule has 0 spiro atoms. The van der Waals surface area contributed by atoms with Crippen molar-refractivity contribution >= 4 is 50.3 Å². The summed E-state index contributed by atoms with van der Waals surface area (Å²) in [7, 11) is 6.74. The Labute approximate surface area is 174 Å². The van der Waals surface area contributed by atoms with Gasteiger partial charge in [-0.2, -0.15) is 8.42 Å². The van der Waals surface area contributed by atoms with E-state index in [1.54, 1.807) is 7.11 Å². The lowest BCUT2D eigenvalue weighted by atomic mass is 10.0. The molecule has 150 valence electrons. The molecule has 0 aliphatic carbocycles. The molecule has 1 aromatic carbocycles. The lowest BCUT2D eigenvalue weighted by Crippen LogP contribution is -2.37. The fraction of sp³-hybridized carbons (Fsp3) is 0.529. The quantitative estimate of drug-likeness (QED) is 0.496. The van der Waals surface area contributed by atoms with Gasteiger partial charge in [0.2, 0.25) is 0 Å². The Morgan fingerprint density at radius 3 is 2.23 bits per heavy atom. The number of hydrogen-bond acceptors (Lipinski definition) is 5. The second-order valence-electron chi connectivity index (χ2n) is 5.74. The van der Waals surface area contributed by atoms with Crippen LogP contribution in [0.25, 0.3) is 0 Å². The molecule has 0 radical (unpaired) electrons. The number of methoxy groups -OCH3 is 1. The zero-order valence-electron chi connectivity index (χ0n) is 15.4. The van der Waals surface area contributed by atoms with E-state index in [9.17, 15) is 0 Å². The molecule has 1 unspecified atom stereocenters. The largest absolute Gasteiger partial charge is 0.497 e. The SMILES string of the molecule is C=CC1CCCCN1Cc1ccc(OC)cc1.CS(C)=S.O=S(=O)(Cl)Cl. The summed E-state index contributed by atoms with van der Waals surface area (Å²) >= 11 is 4.65. The minimum Gasteiger partial charge on any atom is -0.497 e. The maximum atomic E-state index is 9.16. The van der Waals surface area contributed by atoms with Gasteiger partial charge in [0.05, 0.1) is 7.11 Å². The van der Waals surface area contributed by atoms with Crippen molar-refractivity contribution < 1.29 is 13.2 Å². The zero-order valence-corrected chi connectivity index (χ0v) is 19.3. The minimum absolute atomic E-state index is 0.222. The van der Waals surface area contributed by atoms with Gasteiger partial charge in [-0.1, -0.05) is 35.8 Å². The lowest BCUT2D eigenvalue weighted by Gasteiger charge is -2.33. The van der Waals surface area contributed by atoms with E-state index in [0.717, 1.165) is 12.3 Å². The van der Waals surface area contributed by atoms with Crippen LogP contribution in [0.3, 0.4) is 0 Å². The first-order chi connectivity index (χ1) is 12.1. The molecule has 0 bridgehead atoms. The summed E-state index contributed by atoms with van der Waals surface area (Å²) in [5, 5.41) is 0. The number of rotatable bonds is 4. The molecule has 0 N–H and O–H groups in total. The van der Waals surface area contributed by atoms with Crippen molar-refractivity contribution in [2.45, 2.75) is 31.8 Å². The number of ether oxygens (including phenoxy) is 1. The van der Waals surface area contributed by atoms with Gasteiger partial charge in [-0.25, -0.2) is 0 Å². The Hall–Kier alpha value is -0.180. The van der Waals surface area contributed by atoms with Gasteiger partial charge in [0.1, 0.15) is 5.75 Å². The first kappa shape index (κ1) is 25.8. The average molecular weight is 461 g/mol. The van der Waals surface area contributed by atoms with Crippen LogP contribution >= 0.6 is 21.4 Å². The van der Waals surface area contributed by atoms with Crippen LogP contribution in [0.4, 0.5) is 0 Å². The molecule has 1 aliphatic heterocycles. The third kappa shape index (κ3) is 14.9. The second-order valence-corrected chi connectivity index (χ2v) is 12.9. The number of benzene rings is 1. The normalized spacial score (nSPS) is 17.4. The Morgan fingerprint density at radius 1 is 1.31 bits per heavy atom. The Morgan fingerprint density at radius 2 is 1.81 bits per heavy atom. The highest BCUT2D eigenvalue weighted by Gasteiger charge is 2.19. The molecule has 1 atom stereocenters. The van der Waals surface area contributed by atoms with Crippen LogP contribution in [0.15, 0.2) is 36.9 Å². The topological polar surface area (TPSA) is 46.6 Å². The zero-order chi connectivity index (χ0) is 20.2. The standard InChI is InChI=1S/C15H21NO.C2H6S2.Cl2O2S/c1-3-14-6-4-5-11-16(14)12-13-7-9-15(17-2)10-8-13;1-4(2)3;1-5(2,3)4/h3,7-10,14H,1,4-6,11-12H2,2H3;1-2H3;. The molecule has 1 fully saturated rings. The van der Waals surface area contributed by atoms with Crippen LogP contribution < -0.4 is 4.74 Å². The van der Waals surface area contributed by atoms with E-state index in [-0.39, 0.29) is 9.45 Å². The number of likely N-dealkylation sites (tertiary alicyclic amines) is 1. The lowest BCUT2D eigenvalue weighted by molar-refractivity contribution is 0.172. The number of halogens is 2. The third-order valence-corrected chi connectivity index (χ3v) is 3.48. The van der Waals surface area contributed by atoms with Crippen LogP contribution in [0.5, 0.6) is 5.75 Å². The van der Waals surface area contributed by atoms with Gasteiger partial charge >= 0.3 is 8.26 Å². The smallest absolute Gasteiger partial charge is 0.317 e. The fourth-order valence-corrected chi connectivity index (χ4v) is 2.45. The first-order valence-electron chi connectivity index (χ1n) is 7.95. The summed E-state index contributed by atoms with van der Waals surface area (Å²) in [6.07, 6.45) is 9.99. The number of hydrogen-bond donors (Lipinski definition) is 0. The van der Waals surface area contributed by atoms with Crippen LogP contribution in [0.2, 0.25) is 0 Å². The molecule has 0 aromatic heterocycles. The van der Waals surface area contributed by atoms with E-state index in [0.29, 0.717) is 6.04 Å². The maximum absolute atomic E-state index is 9.16. The average Bonchev–Trinajstić information content (AvgIpc) is 2.54. The third-order valence-electron chi connectivity index (χ3n) is 3.48. The molecular weight excluding hydrogens is 433 g/mol. The van der Waals surface area contributed by atoms with Gasteiger partial charge in [0.15, 0.2) is 0 Å². The fourth-order valence-electron chi connectivity index (χ4n) is 2.45. The van der Waals surface area contributed by atoms with Crippen LogP contribution in [0.1, 0.15) is 24.8 Å². The Bertz CT molecular complexity index is 640. The van der Waals surface area contributed by atoms with Crippen molar-refractivity contribution in [1.29, 1.82) is 0 Å². The maximum Gasteiger partial charge on any atom is 0.317 e. The van der Waals surface area contributed by atoms with E-state index in [1.807, 2.05) is 24.6 Å². The minimum atomic E-state index is -3.72. The van der Waals surface area contributed by atoms with E-state index >= 15 is 0 Å². The highest BCUT2D eigenvalue weighted by Crippen LogP contribution is 2.21. The predicted molar refractivity (Wildman–Crippen MR) is 118 cm³/mol. The highest BCUT2D eigenvalue weighted by atomic mass is 36.0. The molecule has 1 aromatic rings. The number of nitrogens with zero attached hydrogens (tertiary/aromatic N) is 1. The van der Waals surface area contributed by atoms with Crippen molar-refractivity contribution in [2.75, 3.05) is 26.2 Å². The van der Waals surface area contributed by atoms with Crippen molar-refractivity contribution in [3.63, 3.8) is 0 Å². The molecule has 1 saturated heterocycles. The molecular formula is C17H27Cl2NO3S3. The molecule has 4 nitrogen and oxygen atoms in total. The summed E-state index contributed by atoms with van der Waals surface area (Å²) in [6, 6.07) is 8.90.